The summed E-state index contributed by atoms with van der Waals surface area (Å²) in [6.45, 7) is 2.96. The van der Waals surface area contributed by atoms with Crippen molar-refractivity contribution in [3.05, 3.63) is 26.8 Å². The van der Waals surface area contributed by atoms with E-state index in [4.69, 9.17) is 14.2 Å². The summed E-state index contributed by atoms with van der Waals surface area (Å²) in [6, 6.07) is 3.11. The molecule has 0 saturated carbocycles. The van der Waals surface area contributed by atoms with E-state index in [-0.39, 0.29) is 17.1 Å². The maximum Gasteiger partial charge on any atom is 0.348 e. The van der Waals surface area contributed by atoms with Gasteiger partial charge in [-0.15, -0.1) is 0 Å². The number of esters is 2. The fraction of sp³-hybridized carbons (Fsp3) is 0.286. The third-order valence-corrected chi connectivity index (χ3v) is 3.52. The third-order valence-electron chi connectivity index (χ3n) is 2.70. The summed E-state index contributed by atoms with van der Waals surface area (Å²) >= 11 is 1.92. The van der Waals surface area contributed by atoms with Crippen LogP contribution in [0, 0.1) is 3.57 Å². The molecule has 0 aliphatic carbocycles. The van der Waals surface area contributed by atoms with Gasteiger partial charge in [-0.05, 0) is 46.4 Å². The average Bonchev–Trinajstić information content (AvgIpc) is 2.36. The Balaban J connectivity index is 2.42. The number of halogens is 1. The molecule has 0 spiro atoms. The Kier molecular flexibility index (Phi) is 4.13. The van der Waals surface area contributed by atoms with Crippen LogP contribution in [0.4, 0.5) is 0 Å². The number of aromatic hydroxyl groups is 1. The van der Waals surface area contributed by atoms with Crippen LogP contribution in [0.3, 0.4) is 0 Å². The normalized spacial score (nSPS) is 17.0. The largest absolute Gasteiger partial charge is 0.504 e. The highest BCUT2D eigenvalue weighted by molar-refractivity contribution is 14.1. The molecule has 1 fully saturated rings. The second-order valence-corrected chi connectivity index (χ2v) is 5.95. The van der Waals surface area contributed by atoms with Gasteiger partial charge in [-0.25, -0.2) is 9.59 Å². The minimum absolute atomic E-state index is 0.00446. The Morgan fingerprint density at radius 2 is 1.81 bits per heavy atom. The molecular weight excluding hydrogens is 391 g/mol. The molecule has 1 saturated heterocycles. The van der Waals surface area contributed by atoms with E-state index in [9.17, 15) is 14.7 Å². The minimum Gasteiger partial charge on any atom is -0.504 e. The van der Waals surface area contributed by atoms with Crippen molar-refractivity contribution in [3.8, 4) is 11.5 Å². The first-order valence-corrected chi connectivity index (χ1v) is 7.06. The zero-order chi connectivity index (χ0) is 15.8. The molecule has 0 bridgehead atoms. The highest BCUT2D eigenvalue weighted by atomic mass is 127. The van der Waals surface area contributed by atoms with E-state index >= 15 is 0 Å². The first-order valence-electron chi connectivity index (χ1n) is 5.98. The molecule has 0 unspecified atom stereocenters. The van der Waals surface area contributed by atoms with Crippen molar-refractivity contribution in [1.29, 1.82) is 0 Å². The van der Waals surface area contributed by atoms with Crippen molar-refractivity contribution in [3.63, 3.8) is 0 Å². The number of phenols is 1. The molecule has 1 N–H and O–H groups in total. The first-order chi connectivity index (χ1) is 9.73. The van der Waals surface area contributed by atoms with Crippen molar-refractivity contribution < 1.29 is 28.9 Å². The number of rotatable bonds is 2. The quantitative estimate of drug-likeness (QED) is 0.353. The van der Waals surface area contributed by atoms with E-state index in [1.54, 1.807) is 6.07 Å². The van der Waals surface area contributed by atoms with Crippen molar-refractivity contribution in [2.75, 3.05) is 7.11 Å². The molecular formula is C14H13IO6. The molecule has 21 heavy (non-hydrogen) atoms. The van der Waals surface area contributed by atoms with Gasteiger partial charge in [-0.1, -0.05) is 0 Å². The lowest BCUT2D eigenvalue weighted by Gasteiger charge is -2.29. The van der Waals surface area contributed by atoms with Gasteiger partial charge in [0.1, 0.15) is 5.57 Å². The number of cyclic esters (lactones) is 2. The fourth-order valence-electron chi connectivity index (χ4n) is 1.78. The third kappa shape index (κ3) is 3.29. The molecule has 1 aliphatic rings. The van der Waals surface area contributed by atoms with Crippen LogP contribution in [0.5, 0.6) is 11.5 Å². The molecule has 1 aliphatic heterocycles. The summed E-state index contributed by atoms with van der Waals surface area (Å²) < 4.78 is 15.6. The van der Waals surface area contributed by atoms with Gasteiger partial charge in [0, 0.05) is 13.8 Å². The number of hydrogen-bond donors (Lipinski definition) is 1. The molecule has 7 heteroatoms. The maximum atomic E-state index is 11.9. The Morgan fingerprint density at radius 3 is 2.33 bits per heavy atom. The van der Waals surface area contributed by atoms with Crippen molar-refractivity contribution in [2.45, 2.75) is 19.6 Å². The highest BCUT2D eigenvalue weighted by Crippen LogP contribution is 2.33. The van der Waals surface area contributed by atoms with Gasteiger partial charge in [0.05, 0.1) is 10.7 Å². The van der Waals surface area contributed by atoms with E-state index in [1.165, 1.54) is 33.1 Å². The predicted octanol–water partition coefficient (Wildman–Crippen LogP) is 2.22. The Morgan fingerprint density at radius 1 is 1.24 bits per heavy atom. The summed E-state index contributed by atoms with van der Waals surface area (Å²) in [5.41, 5.74) is 0.301. The number of benzene rings is 1. The van der Waals surface area contributed by atoms with Crippen LogP contribution in [0.15, 0.2) is 17.7 Å². The second kappa shape index (κ2) is 5.55. The molecule has 1 aromatic rings. The monoisotopic (exact) mass is 404 g/mol. The Labute approximate surface area is 134 Å². The lowest BCUT2D eigenvalue weighted by atomic mass is 10.1. The second-order valence-electron chi connectivity index (χ2n) is 4.79. The maximum absolute atomic E-state index is 11.9. The van der Waals surface area contributed by atoms with Gasteiger partial charge >= 0.3 is 11.9 Å². The molecule has 2 rings (SSSR count). The van der Waals surface area contributed by atoms with Crippen molar-refractivity contribution in [2.24, 2.45) is 0 Å². The SMILES string of the molecule is COc1cc(C=C2C(=O)OC(C)(C)OC2=O)cc(I)c1O. The number of methoxy groups -OCH3 is 1. The van der Waals surface area contributed by atoms with E-state index in [2.05, 4.69) is 0 Å². The predicted molar refractivity (Wildman–Crippen MR) is 81.6 cm³/mol. The molecule has 0 amide bonds. The van der Waals surface area contributed by atoms with E-state index in [1.807, 2.05) is 22.6 Å². The smallest absolute Gasteiger partial charge is 0.348 e. The average molecular weight is 404 g/mol. The topological polar surface area (TPSA) is 82.1 Å². The molecule has 112 valence electrons. The zero-order valence-electron chi connectivity index (χ0n) is 11.6. The summed E-state index contributed by atoms with van der Waals surface area (Å²) in [5, 5.41) is 9.76. The van der Waals surface area contributed by atoms with Gasteiger partial charge in [-0.2, -0.15) is 0 Å². The molecule has 1 heterocycles. The standard InChI is InChI=1S/C14H13IO6/c1-14(2)20-12(17)8(13(18)21-14)4-7-5-9(15)11(16)10(6-7)19-3/h4-6,16H,1-3H3. The van der Waals surface area contributed by atoms with Gasteiger partial charge in [0.2, 0.25) is 0 Å². The molecule has 1 aromatic carbocycles. The van der Waals surface area contributed by atoms with Crippen LogP contribution in [0.1, 0.15) is 19.4 Å². The number of hydrogen-bond acceptors (Lipinski definition) is 6. The number of phenolic OH excluding ortho intramolecular Hbond substituents is 1. The number of carbonyl (C=O) groups is 2. The lowest BCUT2D eigenvalue weighted by molar-refractivity contribution is -0.222. The van der Waals surface area contributed by atoms with Crippen molar-refractivity contribution in [1.82, 2.24) is 0 Å². The van der Waals surface area contributed by atoms with Gasteiger partial charge in [-0.3, -0.25) is 0 Å². The van der Waals surface area contributed by atoms with Gasteiger partial charge < -0.3 is 19.3 Å². The highest BCUT2D eigenvalue weighted by Gasteiger charge is 2.38. The number of carbonyl (C=O) groups excluding carboxylic acids is 2. The minimum atomic E-state index is -1.27. The summed E-state index contributed by atoms with van der Waals surface area (Å²) in [5.74, 6) is -2.54. The molecule has 6 nitrogen and oxygen atoms in total. The van der Waals surface area contributed by atoms with Crippen LogP contribution >= 0.6 is 22.6 Å². The lowest BCUT2D eigenvalue weighted by Crippen LogP contribution is -2.41. The molecule has 0 aromatic heterocycles. The van der Waals surface area contributed by atoms with Gasteiger partial charge in [0.25, 0.3) is 5.79 Å². The van der Waals surface area contributed by atoms with Crippen LogP contribution < -0.4 is 4.74 Å². The van der Waals surface area contributed by atoms with Gasteiger partial charge in [0.15, 0.2) is 11.5 Å². The fourth-order valence-corrected chi connectivity index (χ4v) is 2.40. The van der Waals surface area contributed by atoms with Crippen molar-refractivity contribution >= 4 is 40.6 Å². The Hall–Kier alpha value is -1.77. The molecule has 0 atom stereocenters. The Bertz CT molecular complexity index is 625. The van der Waals surface area contributed by atoms with Crippen LogP contribution in [-0.2, 0) is 19.1 Å². The summed E-state index contributed by atoms with van der Waals surface area (Å²) in [6.07, 6.45) is 1.34. The number of ether oxygens (including phenoxy) is 3. The first kappa shape index (κ1) is 15.6. The van der Waals surface area contributed by atoms with Crippen LogP contribution in [-0.4, -0.2) is 29.9 Å². The van der Waals surface area contributed by atoms with E-state index < -0.39 is 17.7 Å². The van der Waals surface area contributed by atoms with E-state index in [0.717, 1.165) is 0 Å². The zero-order valence-corrected chi connectivity index (χ0v) is 13.8. The molecule has 0 radical (unpaired) electrons. The van der Waals surface area contributed by atoms with E-state index in [0.29, 0.717) is 9.13 Å². The summed E-state index contributed by atoms with van der Waals surface area (Å²) in [7, 11) is 1.41. The summed E-state index contributed by atoms with van der Waals surface area (Å²) in [4.78, 5) is 23.7. The van der Waals surface area contributed by atoms with Crippen LogP contribution in [0.25, 0.3) is 6.08 Å². The van der Waals surface area contributed by atoms with Crippen LogP contribution in [0.2, 0.25) is 0 Å².